The van der Waals surface area contributed by atoms with Crippen LogP contribution in [-0.2, 0) is 10.0 Å². The Morgan fingerprint density at radius 1 is 1.35 bits per heavy atom. The van der Waals surface area contributed by atoms with Crippen LogP contribution in [0.25, 0.3) is 10.6 Å². The summed E-state index contributed by atoms with van der Waals surface area (Å²) in [5.74, 6) is 0. The summed E-state index contributed by atoms with van der Waals surface area (Å²) in [5.41, 5.74) is 6.27. The van der Waals surface area contributed by atoms with E-state index in [4.69, 9.17) is 5.73 Å². The number of hydrogen-bond acceptors (Lipinski definition) is 6. The van der Waals surface area contributed by atoms with Crippen molar-refractivity contribution in [1.29, 1.82) is 0 Å². The molecule has 0 radical (unpaired) electrons. The minimum atomic E-state index is -3.49. The van der Waals surface area contributed by atoms with Crippen molar-refractivity contribution in [2.24, 2.45) is 11.1 Å². The highest BCUT2D eigenvalue weighted by Crippen LogP contribution is 2.33. The predicted octanol–water partition coefficient (Wildman–Crippen LogP) is 3.21. The van der Waals surface area contributed by atoms with Gasteiger partial charge in [-0.25, -0.2) is 13.4 Å². The first-order chi connectivity index (χ1) is 10.2. The molecule has 9 heteroatoms. The lowest BCUT2D eigenvalue weighted by molar-refractivity contribution is 0.292. The van der Waals surface area contributed by atoms with E-state index in [2.05, 4.69) is 4.98 Å². The maximum Gasteiger partial charge on any atom is 0.252 e. The van der Waals surface area contributed by atoms with Gasteiger partial charge in [0.2, 0.25) is 0 Å². The van der Waals surface area contributed by atoms with Gasteiger partial charge in [-0.1, -0.05) is 13.8 Å². The molecule has 0 saturated carbocycles. The number of thiazole rings is 1. The summed E-state index contributed by atoms with van der Waals surface area (Å²) in [6.07, 6.45) is 0. The highest BCUT2D eigenvalue weighted by molar-refractivity contribution is 7.91. The summed E-state index contributed by atoms with van der Waals surface area (Å²) in [6, 6.07) is 3.46. The highest BCUT2D eigenvalue weighted by Gasteiger charge is 2.28. The highest BCUT2D eigenvalue weighted by atomic mass is 35.5. The van der Waals surface area contributed by atoms with Gasteiger partial charge >= 0.3 is 0 Å². The summed E-state index contributed by atoms with van der Waals surface area (Å²) in [4.78, 5) is 5.27. The molecule has 0 aromatic carbocycles. The smallest absolute Gasteiger partial charge is 0.252 e. The summed E-state index contributed by atoms with van der Waals surface area (Å²) in [5, 5.41) is 2.91. The first-order valence-corrected chi connectivity index (χ1v) is 9.98. The summed E-state index contributed by atoms with van der Waals surface area (Å²) in [7, 11) is -1.89. The molecule has 0 aliphatic carbocycles. The quantitative estimate of drug-likeness (QED) is 0.814. The number of sulfonamides is 1. The molecule has 0 bridgehead atoms. The molecule has 0 spiro atoms. The lowest BCUT2D eigenvalue weighted by atomic mass is 9.94. The molecule has 0 aliphatic rings. The zero-order valence-electron chi connectivity index (χ0n) is 13.6. The minimum absolute atomic E-state index is 0. The van der Waals surface area contributed by atoms with Crippen molar-refractivity contribution in [3.8, 4) is 10.6 Å². The fourth-order valence-corrected chi connectivity index (χ4v) is 5.50. The standard InChI is InChI=1S/C14H21N3O2S3.ClH/c1-10-16-11(7-20-10)12-5-6-13(21-12)22(18,19)17(4)9-14(2,3)8-15;/h5-7H,8-9,15H2,1-4H3;1H. The maximum atomic E-state index is 12.7. The van der Waals surface area contributed by atoms with Crippen molar-refractivity contribution in [2.45, 2.75) is 25.0 Å². The molecule has 5 nitrogen and oxygen atoms in total. The Balaban J connectivity index is 0.00000264. The predicted molar refractivity (Wildman–Crippen MR) is 100 cm³/mol. The molecule has 2 aromatic heterocycles. The number of rotatable bonds is 6. The van der Waals surface area contributed by atoms with Crippen molar-refractivity contribution >= 4 is 45.1 Å². The topological polar surface area (TPSA) is 76.3 Å². The molecule has 2 aromatic rings. The van der Waals surface area contributed by atoms with Crippen LogP contribution in [0.5, 0.6) is 0 Å². The number of nitrogens with two attached hydrogens (primary N) is 1. The molecule has 2 rings (SSSR count). The molecule has 0 unspecified atom stereocenters. The summed E-state index contributed by atoms with van der Waals surface area (Å²) >= 11 is 2.81. The molecule has 0 saturated heterocycles. The SMILES string of the molecule is Cc1nc(-c2ccc(S(=O)(=O)N(C)CC(C)(C)CN)s2)cs1.Cl. The van der Waals surface area contributed by atoms with Crippen LogP contribution in [0.15, 0.2) is 21.7 Å². The molecule has 0 aliphatic heterocycles. The largest absolute Gasteiger partial charge is 0.330 e. The fraction of sp³-hybridized carbons (Fsp3) is 0.500. The van der Waals surface area contributed by atoms with Crippen LogP contribution in [-0.4, -0.2) is 37.8 Å². The van der Waals surface area contributed by atoms with Gasteiger partial charge in [-0.05, 0) is 31.0 Å². The molecule has 2 N–H and O–H groups in total. The Bertz CT molecular complexity index is 753. The fourth-order valence-electron chi connectivity index (χ4n) is 1.98. The molecule has 0 amide bonds. The third-order valence-electron chi connectivity index (χ3n) is 3.32. The Morgan fingerprint density at radius 2 is 2.00 bits per heavy atom. The van der Waals surface area contributed by atoms with Crippen LogP contribution in [0.1, 0.15) is 18.9 Å². The Kier molecular flexibility index (Phi) is 6.77. The van der Waals surface area contributed by atoms with E-state index in [1.165, 1.54) is 15.6 Å². The van der Waals surface area contributed by atoms with Gasteiger partial charge in [0.1, 0.15) is 4.21 Å². The number of aryl methyl sites for hydroxylation is 1. The van der Waals surface area contributed by atoms with E-state index in [1.54, 1.807) is 24.5 Å². The van der Waals surface area contributed by atoms with Crippen LogP contribution in [0.3, 0.4) is 0 Å². The number of halogens is 1. The second kappa shape index (κ2) is 7.58. The van der Waals surface area contributed by atoms with Crippen LogP contribution in [0.2, 0.25) is 0 Å². The average Bonchev–Trinajstić information content (AvgIpc) is 3.06. The second-order valence-corrected chi connectivity index (χ2v) is 10.4. The van der Waals surface area contributed by atoms with Crippen LogP contribution < -0.4 is 5.73 Å². The van der Waals surface area contributed by atoms with Gasteiger partial charge in [0.15, 0.2) is 0 Å². The monoisotopic (exact) mass is 395 g/mol. The van der Waals surface area contributed by atoms with E-state index in [1.807, 2.05) is 32.2 Å². The summed E-state index contributed by atoms with van der Waals surface area (Å²) < 4.78 is 27.0. The van der Waals surface area contributed by atoms with Gasteiger partial charge in [-0.2, -0.15) is 4.31 Å². The zero-order valence-corrected chi connectivity index (χ0v) is 16.8. The van der Waals surface area contributed by atoms with E-state index in [-0.39, 0.29) is 17.8 Å². The normalized spacial score (nSPS) is 12.4. The lowest BCUT2D eigenvalue weighted by Crippen LogP contribution is -2.39. The number of aromatic nitrogens is 1. The Labute approximate surface area is 152 Å². The van der Waals surface area contributed by atoms with Crippen LogP contribution >= 0.6 is 35.1 Å². The third kappa shape index (κ3) is 4.74. The van der Waals surface area contributed by atoms with E-state index >= 15 is 0 Å². The second-order valence-electron chi connectivity index (χ2n) is 6.00. The maximum absolute atomic E-state index is 12.7. The average molecular weight is 396 g/mol. The molecule has 130 valence electrons. The van der Waals surface area contributed by atoms with E-state index in [0.717, 1.165) is 15.6 Å². The molecular weight excluding hydrogens is 374 g/mol. The van der Waals surface area contributed by atoms with Gasteiger partial charge in [0, 0.05) is 19.0 Å². The van der Waals surface area contributed by atoms with Gasteiger partial charge in [-0.3, -0.25) is 0 Å². The van der Waals surface area contributed by atoms with Crippen LogP contribution in [0.4, 0.5) is 0 Å². The van der Waals surface area contributed by atoms with Gasteiger partial charge in [0.25, 0.3) is 10.0 Å². The van der Waals surface area contributed by atoms with Gasteiger partial charge in [0.05, 0.1) is 15.6 Å². The van der Waals surface area contributed by atoms with Crippen molar-refractivity contribution in [3.63, 3.8) is 0 Å². The van der Waals surface area contributed by atoms with Crippen molar-refractivity contribution < 1.29 is 8.42 Å². The Hall–Kier alpha value is -0.510. The number of thiophene rings is 1. The first kappa shape index (κ1) is 20.5. The lowest BCUT2D eigenvalue weighted by Gasteiger charge is -2.28. The minimum Gasteiger partial charge on any atom is -0.330 e. The van der Waals surface area contributed by atoms with Gasteiger partial charge < -0.3 is 5.73 Å². The van der Waals surface area contributed by atoms with Crippen molar-refractivity contribution in [1.82, 2.24) is 9.29 Å². The Morgan fingerprint density at radius 3 is 2.52 bits per heavy atom. The summed E-state index contributed by atoms with van der Waals surface area (Å²) in [6.45, 7) is 6.66. The first-order valence-electron chi connectivity index (χ1n) is 6.84. The molecule has 0 atom stereocenters. The van der Waals surface area contributed by atoms with Crippen LogP contribution in [0, 0.1) is 12.3 Å². The third-order valence-corrected chi connectivity index (χ3v) is 7.47. The molecule has 0 fully saturated rings. The van der Waals surface area contributed by atoms with E-state index < -0.39 is 10.0 Å². The van der Waals surface area contributed by atoms with Gasteiger partial charge in [-0.15, -0.1) is 35.1 Å². The molecule has 2 heterocycles. The zero-order chi connectivity index (χ0) is 16.5. The molecule has 23 heavy (non-hydrogen) atoms. The van der Waals surface area contributed by atoms with E-state index in [9.17, 15) is 8.42 Å². The number of hydrogen-bond donors (Lipinski definition) is 1. The number of nitrogens with zero attached hydrogens (tertiary/aromatic N) is 2. The molecular formula is C14H22ClN3O2S3. The van der Waals surface area contributed by atoms with Crippen molar-refractivity contribution in [3.05, 3.63) is 22.5 Å². The van der Waals surface area contributed by atoms with E-state index in [0.29, 0.717) is 17.3 Å². The van der Waals surface area contributed by atoms with Crippen molar-refractivity contribution in [2.75, 3.05) is 20.1 Å².